The Morgan fingerprint density at radius 3 is 2.14 bits per heavy atom. The molecule has 0 saturated heterocycles. The fraction of sp³-hybridized carbons (Fsp3) is 1.00. The normalized spacial score (nSPS) is 28.8. The Hall–Kier alpha value is 0. The van der Waals surface area contributed by atoms with E-state index in [1.165, 1.54) is 64.2 Å². The molecule has 22 heavy (non-hydrogen) atoms. The van der Waals surface area contributed by atoms with Crippen molar-refractivity contribution in [2.24, 2.45) is 28.6 Å². The molecular weight excluding hydrogens is 264 g/mol. The van der Waals surface area contributed by atoms with E-state index in [2.05, 4.69) is 48.5 Å². The lowest BCUT2D eigenvalue weighted by Gasteiger charge is -2.42. The van der Waals surface area contributed by atoms with Crippen molar-refractivity contribution in [3.05, 3.63) is 0 Å². The van der Waals surface area contributed by atoms with E-state index in [0.29, 0.717) is 10.8 Å². The van der Waals surface area contributed by atoms with Crippen LogP contribution in [0.5, 0.6) is 0 Å². The van der Waals surface area contributed by atoms with Crippen LogP contribution >= 0.6 is 0 Å². The van der Waals surface area contributed by atoms with Gasteiger partial charge in [0.1, 0.15) is 0 Å². The van der Waals surface area contributed by atoms with Crippen LogP contribution in [0, 0.1) is 28.6 Å². The molecule has 1 saturated carbocycles. The molecule has 1 aliphatic rings. The summed E-state index contributed by atoms with van der Waals surface area (Å²) in [7, 11) is 0. The Balaban J connectivity index is 2.78. The zero-order valence-electron chi connectivity index (χ0n) is 16.8. The lowest BCUT2D eigenvalue weighted by atomic mass is 9.63. The summed E-state index contributed by atoms with van der Waals surface area (Å²) >= 11 is 0. The molecule has 0 aromatic heterocycles. The molecule has 0 aromatic carbocycles. The summed E-state index contributed by atoms with van der Waals surface area (Å²) in [6, 6.07) is 0. The fourth-order valence-electron chi connectivity index (χ4n) is 5.26. The van der Waals surface area contributed by atoms with Crippen molar-refractivity contribution >= 4 is 0 Å². The van der Waals surface area contributed by atoms with Crippen molar-refractivity contribution in [3.63, 3.8) is 0 Å². The van der Waals surface area contributed by atoms with Crippen LogP contribution in [0.2, 0.25) is 0 Å². The van der Waals surface area contributed by atoms with E-state index >= 15 is 0 Å². The third-order valence-corrected chi connectivity index (χ3v) is 7.63. The first kappa shape index (κ1) is 20.0. The molecule has 4 atom stereocenters. The van der Waals surface area contributed by atoms with Gasteiger partial charge >= 0.3 is 0 Å². The highest BCUT2D eigenvalue weighted by molar-refractivity contribution is 4.90. The summed E-state index contributed by atoms with van der Waals surface area (Å²) < 4.78 is 0. The highest BCUT2D eigenvalue weighted by Crippen LogP contribution is 2.50. The molecule has 1 fully saturated rings. The fourth-order valence-corrected chi connectivity index (χ4v) is 5.26. The Morgan fingerprint density at radius 1 is 1.09 bits per heavy atom. The van der Waals surface area contributed by atoms with Crippen LogP contribution in [0.4, 0.5) is 0 Å². The van der Waals surface area contributed by atoms with Crippen LogP contribution in [0.3, 0.4) is 0 Å². The Labute approximate surface area is 141 Å². The zero-order chi connectivity index (χ0) is 16.8. The average Bonchev–Trinajstić information content (AvgIpc) is 2.92. The van der Waals surface area contributed by atoms with Gasteiger partial charge in [-0.2, -0.15) is 0 Å². The molecule has 0 radical (unpaired) electrons. The summed E-state index contributed by atoms with van der Waals surface area (Å²) in [6.07, 6.45) is 14.2. The standard InChI is InChI=1S/C22H44/c1-8-13-20(22(7,11-4)12-5)19(9-2)16-18-14-15-21(6,10-3)17-18/h18-20H,8-17H2,1-7H3. The van der Waals surface area contributed by atoms with Gasteiger partial charge in [-0.15, -0.1) is 0 Å². The van der Waals surface area contributed by atoms with E-state index in [9.17, 15) is 0 Å². The van der Waals surface area contributed by atoms with Crippen LogP contribution in [0.1, 0.15) is 113 Å². The molecule has 0 heteroatoms. The summed E-state index contributed by atoms with van der Waals surface area (Å²) in [5.74, 6) is 2.90. The average molecular weight is 309 g/mol. The Kier molecular flexibility index (Phi) is 7.96. The summed E-state index contributed by atoms with van der Waals surface area (Å²) in [5, 5.41) is 0. The van der Waals surface area contributed by atoms with Crippen molar-refractivity contribution < 1.29 is 0 Å². The minimum Gasteiger partial charge on any atom is -0.0654 e. The second-order valence-electron chi connectivity index (χ2n) is 8.93. The summed E-state index contributed by atoms with van der Waals surface area (Å²) in [6.45, 7) is 17.2. The molecule has 132 valence electrons. The van der Waals surface area contributed by atoms with Gasteiger partial charge in [-0.05, 0) is 60.7 Å². The van der Waals surface area contributed by atoms with Crippen LogP contribution in [0.15, 0.2) is 0 Å². The maximum absolute atomic E-state index is 2.57. The molecular formula is C22H44. The van der Waals surface area contributed by atoms with Gasteiger partial charge in [0.25, 0.3) is 0 Å². The highest BCUT2D eigenvalue weighted by Gasteiger charge is 2.39. The lowest BCUT2D eigenvalue weighted by molar-refractivity contribution is 0.0780. The van der Waals surface area contributed by atoms with Gasteiger partial charge in [-0.1, -0.05) is 80.6 Å². The van der Waals surface area contributed by atoms with E-state index in [-0.39, 0.29) is 0 Å². The third kappa shape index (κ3) is 4.75. The molecule has 0 aliphatic heterocycles. The number of hydrogen-bond donors (Lipinski definition) is 0. The predicted molar refractivity (Wildman–Crippen MR) is 101 cm³/mol. The van der Waals surface area contributed by atoms with E-state index < -0.39 is 0 Å². The van der Waals surface area contributed by atoms with E-state index in [0.717, 1.165) is 17.8 Å². The molecule has 0 N–H and O–H groups in total. The SMILES string of the molecule is CCCC(C(CC)CC1CCC(C)(CC)C1)C(C)(CC)CC. The van der Waals surface area contributed by atoms with Crippen LogP contribution < -0.4 is 0 Å². The smallest absolute Gasteiger partial charge is 0.0300 e. The second-order valence-corrected chi connectivity index (χ2v) is 8.93. The minimum absolute atomic E-state index is 0.559. The van der Waals surface area contributed by atoms with Crippen molar-refractivity contribution in [3.8, 4) is 0 Å². The zero-order valence-corrected chi connectivity index (χ0v) is 16.8. The molecule has 0 spiro atoms. The van der Waals surface area contributed by atoms with Gasteiger partial charge in [0.05, 0.1) is 0 Å². The first-order valence-corrected chi connectivity index (χ1v) is 10.4. The molecule has 0 amide bonds. The van der Waals surface area contributed by atoms with Crippen molar-refractivity contribution in [2.75, 3.05) is 0 Å². The molecule has 0 aromatic rings. The van der Waals surface area contributed by atoms with Crippen molar-refractivity contribution in [1.29, 1.82) is 0 Å². The molecule has 0 nitrogen and oxygen atoms in total. The number of rotatable bonds is 10. The van der Waals surface area contributed by atoms with Gasteiger partial charge < -0.3 is 0 Å². The molecule has 0 bridgehead atoms. The van der Waals surface area contributed by atoms with Gasteiger partial charge in [-0.3, -0.25) is 0 Å². The van der Waals surface area contributed by atoms with E-state index in [1.54, 1.807) is 0 Å². The first-order valence-electron chi connectivity index (χ1n) is 10.4. The van der Waals surface area contributed by atoms with Crippen LogP contribution in [-0.2, 0) is 0 Å². The predicted octanol–water partition coefficient (Wildman–Crippen LogP) is 7.86. The van der Waals surface area contributed by atoms with Gasteiger partial charge in [0.15, 0.2) is 0 Å². The monoisotopic (exact) mass is 308 g/mol. The molecule has 0 heterocycles. The Bertz CT molecular complexity index is 301. The lowest BCUT2D eigenvalue weighted by Crippen LogP contribution is -2.33. The first-order chi connectivity index (χ1) is 10.4. The van der Waals surface area contributed by atoms with Crippen molar-refractivity contribution in [1.82, 2.24) is 0 Å². The maximum Gasteiger partial charge on any atom is -0.0300 e. The topological polar surface area (TPSA) is 0 Å². The molecule has 1 aliphatic carbocycles. The minimum atomic E-state index is 0.559. The highest BCUT2D eigenvalue weighted by atomic mass is 14.4. The van der Waals surface area contributed by atoms with Crippen molar-refractivity contribution in [2.45, 2.75) is 113 Å². The van der Waals surface area contributed by atoms with E-state index in [1.807, 2.05) is 0 Å². The quantitative estimate of drug-likeness (QED) is 0.385. The largest absolute Gasteiger partial charge is 0.0654 e. The van der Waals surface area contributed by atoms with Gasteiger partial charge in [-0.25, -0.2) is 0 Å². The van der Waals surface area contributed by atoms with Crippen LogP contribution in [-0.4, -0.2) is 0 Å². The molecule has 1 rings (SSSR count). The maximum atomic E-state index is 2.57. The summed E-state index contributed by atoms with van der Waals surface area (Å²) in [5.41, 5.74) is 1.21. The van der Waals surface area contributed by atoms with E-state index in [4.69, 9.17) is 0 Å². The Morgan fingerprint density at radius 2 is 1.73 bits per heavy atom. The van der Waals surface area contributed by atoms with Crippen LogP contribution in [0.25, 0.3) is 0 Å². The van der Waals surface area contributed by atoms with Gasteiger partial charge in [0.2, 0.25) is 0 Å². The van der Waals surface area contributed by atoms with Gasteiger partial charge in [0, 0.05) is 0 Å². The molecule has 4 unspecified atom stereocenters. The summed E-state index contributed by atoms with van der Waals surface area (Å²) in [4.78, 5) is 0. The second kappa shape index (κ2) is 8.74. The number of hydrogen-bond acceptors (Lipinski definition) is 0. The third-order valence-electron chi connectivity index (χ3n) is 7.63.